The van der Waals surface area contributed by atoms with Crippen molar-refractivity contribution in [2.75, 3.05) is 7.05 Å². The van der Waals surface area contributed by atoms with Crippen LogP contribution in [-0.4, -0.2) is 27.3 Å². The standard InChI is InChI=1S/C15H21N5/c1-12-6-8-13(9-7-12)20-14(17-18-19-20)15(16-2)10-4-3-5-11-15/h6-9,16H,3-5,10-11H2,1-2H3. The highest BCUT2D eigenvalue weighted by molar-refractivity contribution is 5.34. The van der Waals surface area contributed by atoms with Gasteiger partial charge < -0.3 is 5.32 Å². The Morgan fingerprint density at radius 3 is 2.45 bits per heavy atom. The van der Waals surface area contributed by atoms with Gasteiger partial charge in [0.15, 0.2) is 5.82 Å². The maximum Gasteiger partial charge on any atom is 0.176 e. The second-order valence-corrected chi connectivity index (χ2v) is 5.64. The molecule has 1 saturated carbocycles. The quantitative estimate of drug-likeness (QED) is 0.931. The average Bonchev–Trinajstić information content (AvgIpc) is 2.99. The number of benzene rings is 1. The number of nitrogens with one attached hydrogen (secondary N) is 1. The van der Waals surface area contributed by atoms with Gasteiger partial charge in [-0.3, -0.25) is 0 Å². The molecule has 1 fully saturated rings. The molecule has 1 aromatic heterocycles. The Hall–Kier alpha value is -1.75. The summed E-state index contributed by atoms with van der Waals surface area (Å²) in [5, 5.41) is 15.9. The summed E-state index contributed by atoms with van der Waals surface area (Å²) in [5.74, 6) is 0.934. The molecule has 1 aliphatic carbocycles. The summed E-state index contributed by atoms with van der Waals surface area (Å²) in [6, 6.07) is 8.32. The maximum absolute atomic E-state index is 4.32. The van der Waals surface area contributed by atoms with Crippen molar-refractivity contribution in [2.45, 2.75) is 44.6 Å². The van der Waals surface area contributed by atoms with Gasteiger partial charge in [-0.15, -0.1) is 5.10 Å². The van der Waals surface area contributed by atoms with Gasteiger partial charge in [0.2, 0.25) is 0 Å². The number of aromatic nitrogens is 4. The van der Waals surface area contributed by atoms with Crippen LogP contribution in [0.25, 0.3) is 5.69 Å². The summed E-state index contributed by atoms with van der Waals surface area (Å²) in [6.07, 6.45) is 5.93. The smallest absolute Gasteiger partial charge is 0.176 e. The van der Waals surface area contributed by atoms with Crippen LogP contribution in [0.3, 0.4) is 0 Å². The van der Waals surface area contributed by atoms with Gasteiger partial charge in [-0.25, -0.2) is 0 Å². The van der Waals surface area contributed by atoms with Crippen LogP contribution in [0.15, 0.2) is 24.3 Å². The van der Waals surface area contributed by atoms with E-state index >= 15 is 0 Å². The first-order valence-electron chi connectivity index (χ1n) is 7.30. The SMILES string of the molecule is CNC1(c2nnnn2-c2ccc(C)cc2)CCCCC1. The minimum Gasteiger partial charge on any atom is -0.308 e. The van der Waals surface area contributed by atoms with Crippen molar-refractivity contribution in [3.8, 4) is 5.69 Å². The van der Waals surface area contributed by atoms with E-state index in [0.29, 0.717) is 0 Å². The van der Waals surface area contributed by atoms with Crippen molar-refractivity contribution in [1.82, 2.24) is 25.5 Å². The number of hydrogen-bond donors (Lipinski definition) is 1. The molecule has 20 heavy (non-hydrogen) atoms. The molecular weight excluding hydrogens is 250 g/mol. The Labute approximate surface area is 119 Å². The molecule has 1 N–H and O–H groups in total. The van der Waals surface area contributed by atoms with Crippen LogP contribution in [0, 0.1) is 6.92 Å². The molecule has 0 spiro atoms. The fraction of sp³-hybridized carbons (Fsp3) is 0.533. The first-order valence-corrected chi connectivity index (χ1v) is 7.30. The molecule has 1 aromatic carbocycles. The zero-order valence-corrected chi connectivity index (χ0v) is 12.1. The molecule has 2 aromatic rings. The molecule has 0 bridgehead atoms. The number of hydrogen-bond acceptors (Lipinski definition) is 4. The van der Waals surface area contributed by atoms with Gasteiger partial charge in [-0.05, 0) is 49.4 Å². The molecule has 0 saturated heterocycles. The van der Waals surface area contributed by atoms with E-state index in [1.54, 1.807) is 0 Å². The first-order chi connectivity index (χ1) is 9.75. The van der Waals surface area contributed by atoms with Gasteiger partial charge in [-0.2, -0.15) is 4.68 Å². The van der Waals surface area contributed by atoms with Gasteiger partial charge in [0, 0.05) is 0 Å². The van der Waals surface area contributed by atoms with Crippen molar-refractivity contribution in [3.05, 3.63) is 35.7 Å². The molecular formula is C15H21N5. The van der Waals surface area contributed by atoms with Crippen LogP contribution in [0.1, 0.15) is 43.5 Å². The van der Waals surface area contributed by atoms with Crippen LogP contribution in [-0.2, 0) is 5.54 Å². The van der Waals surface area contributed by atoms with Gasteiger partial charge in [-0.1, -0.05) is 37.0 Å². The van der Waals surface area contributed by atoms with Crippen molar-refractivity contribution in [1.29, 1.82) is 0 Å². The molecule has 5 nitrogen and oxygen atoms in total. The van der Waals surface area contributed by atoms with E-state index in [1.165, 1.54) is 24.8 Å². The molecule has 1 aliphatic rings. The lowest BCUT2D eigenvalue weighted by Gasteiger charge is -2.35. The van der Waals surface area contributed by atoms with Crippen LogP contribution in [0.4, 0.5) is 0 Å². The number of tetrazole rings is 1. The second-order valence-electron chi connectivity index (χ2n) is 5.64. The first kappa shape index (κ1) is 13.2. The molecule has 0 aliphatic heterocycles. The molecule has 3 rings (SSSR count). The molecule has 1 heterocycles. The lowest BCUT2D eigenvalue weighted by molar-refractivity contribution is 0.232. The summed E-state index contributed by atoms with van der Waals surface area (Å²) in [4.78, 5) is 0. The van der Waals surface area contributed by atoms with Crippen LogP contribution in [0.2, 0.25) is 0 Å². The van der Waals surface area contributed by atoms with E-state index in [9.17, 15) is 0 Å². The summed E-state index contributed by atoms with van der Waals surface area (Å²) in [6.45, 7) is 2.08. The van der Waals surface area contributed by atoms with E-state index < -0.39 is 0 Å². The molecule has 0 amide bonds. The third kappa shape index (κ3) is 2.22. The number of nitrogens with zero attached hydrogens (tertiary/aromatic N) is 4. The predicted molar refractivity (Wildman–Crippen MR) is 77.7 cm³/mol. The number of rotatable bonds is 3. The van der Waals surface area contributed by atoms with Crippen molar-refractivity contribution in [3.63, 3.8) is 0 Å². The Balaban J connectivity index is 2.02. The largest absolute Gasteiger partial charge is 0.308 e. The third-order valence-corrected chi connectivity index (χ3v) is 4.36. The van der Waals surface area contributed by atoms with E-state index in [2.05, 4.69) is 52.0 Å². The van der Waals surface area contributed by atoms with Gasteiger partial charge >= 0.3 is 0 Å². The van der Waals surface area contributed by atoms with Crippen molar-refractivity contribution >= 4 is 0 Å². The second kappa shape index (κ2) is 5.32. The minimum atomic E-state index is -0.0906. The van der Waals surface area contributed by atoms with Gasteiger partial charge in [0.25, 0.3) is 0 Å². The Kier molecular flexibility index (Phi) is 3.53. The molecule has 0 radical (unpaired) electrons. The molecule has 106 valence electrons. The Morgan fingerprint density at radius 2 is 1.80 bits per heavy atom. The monoisotopic (exact) mass is 271 g/mol. The highest BCUT2D eigenvalue weighted by Crippen LogP contribution is 2.36. The number of aryl methyl sites for hydroxylation is 1. The van der Waals surface area contributed by atoms with Crippen LogP contribution in [0.5, 0.6) is 0 Å². The lowest BCUT2D eigenvalue weighted by Crippen LogP contribution is -2.44. The van der Waals surface area contributed by atoms with Gasteiger partial charge in [0.05, 0.1) is 11.2 Å². The van der Waals surface area contributed by atoms with Gasteiger partial charge in [0.1, 0.15) is 0 Å². The fourth-order valence-electron chi connectivity index (χ4n) is 3.09. The van der Waals surface area contributed by atoms with Crippen molar-refractivity contribution in [2.24, 2.45) is 0 Å². The van der Waals surface area contributed by atoms with Crippen LogP contribution < -0.4 is 5.32 Å². The molecule has 5 heteroatoms. The zero-order valence-electron chi connectivity index (χ0n) is 12.1. The topological polar surface area (TPSA) is 55.6 Å². The third-order valence-electron chi connectivity index (χ3n) is 4.36. The van der Waals surface area contributed by atoms with E-state index in [-0.39, 0.29) is 5.54 Å². The Bertz CT molecular complexity index is 566. The normalized spacial score (nSPS) is 18.1. The van der Waals surface area contributed by atoms with E-state index in [1.807, 2.05) is 11.7 Å². The summed E-state index contributed by atoms with van der Waals surface area (Å²) < 4.78 is 1.88. The zero-order chi connectivity index (χ0) is 14.0. The van der Waals surface area contributed by atoms with Crippen LogP contribution >= 0.6 is 0 Å². The minimum absolute atomic E-state index is 0.0906. The Morgan fingerprint density at radius 1 is 1.10 bits per heavy atom. The van der Waals surface area contributed by atoms with Crippen molar-refractivity contribution < 1.29 is 0 Å². The summed E-state index contributed by atoms with van der Waals surface area (Å²) in [7, 11) is 2.01. The fourth-order valence-corrected chi connectivity index (χ4v) is 3.09. The summed E-state index contributed by atoms with van der Waals surface area (Å²) in [5.41, 5.74) is 2.17. The van der Waals surface area contributed by atoms with E-state index in [0.717, 1.165) is 24.4 Å². The van der Waals surface area contributed by atoms with E-state index in [4.69, 9.17) is 0 Å². The highest BCUT2D eigenvalue weighted by atomic mass is 15.6. The highest BCUT2D eigenvalue weighted by Gasteiger charge is 2.37. The summed E-state index contributed by atoms with van der Waals surface area (Å²) >= 11 is 0. The average molecular weight is 271 g/mol. The predicted octanol–water partition coefficient (Wildman–Crippen LogP) is 2.35. The maximum atomic E-state index is 4.32. The molecule has 0 atom stereocenters. The lowest BCUT2D eigenvalue weighted by atomic mass is 9.81. The molecule has 0 unspecified atom stereocenters.